The lowest BCUT2D eigenvalue weighted by molar-refractivity contribution is 0.901. The van der Waals surface area contributed by atoms with Crippen LogP contribution in [0.5, 0.6) is 0 Å². The van der Waals surface area contributed by atoms with Gasteiger partial charge in [0.1, 0.15) is 0 Å². The molecular formula is C12H14N2S2. The Morgan fingerprint density at radius 3 is 2.81 bits per heavy atom. The molecule has 1 heterocycles. The van der Waals surface area contributed by atoms with Crippen molar-refractivity contribution in [2.75, 3.05) is 7.05 Å². The summed E-state index contributed by atoms with van der Waals surface area (Å²) in [6, 6.07) is 8.49. The second-order valence-corrected chi connectivity index (χ2v) is 5.12. The average molecular weight is 250 g/mol. The number of fused-ring (bicyclic) bond motifs is 1. The monoisotopic (exact) mass is 250 g/mol. The number of thiophene rings is 1. The van der Waals surface area contributed by atoms with E-state index in [4.69, 9.17) is 12.2 Å². The third kappa shape index (κ3) is 2.18. The lowest BCUT2D eigenvalue weighted by Crippen LogP contribution is -2.31. The molecule has 1 aromatic carbocycles. The smallest absolute Gasteiger partial charge is 0.166 e. The van der Waals surface area contributed by atoms with Gasteiger partial charge in [-0.2, -0.15) is 0 Å². The maximum Gasteiger partial charge on any atom is 0.166 e. The van der Waals surface area contributed by atoms with Crippen molar-refractivity contribution < 1.29 is 0 Å². The normalized spacial score (nSPS) is 10.4. The summed E-state index contributed by atoms with van der Waals surface area (Å²) in [4.78, 5) is 1.35. The van der Waals surface area contributed by atoms with Crippen molar-refractivity contribution in [3.8, 4) is 0 Å². The number of nitrogens with one attached hydrogen (secondary N) is 2. The zero-order valence-electron chi connectivity index (χ0n) is 9.33. The Labute approximate surface area is 105 Å². The molecular weight excluding hydrogens is 236 g/mol. The van der Waals surface area contributed by atoms with Gasteiger partial charge in [0.2, 0.25) is 0 Å². The fraction of sp³-hybridized carbons (Fsp3) is 0.250. The van der Waals surface area contributed by atoms with E-state index in [2.05, 4.69) is 41.8 Å². The van der Waals surface area contributed by atoms with E-state index in [1.807, 2.05) is 18.4 Å². The highest BCUT2D eigenvalue weighted by Crippen LogP contribution is 2.30. The lowest BCUT2D eigenvalue weighted by atomic mass is 10.1. The highest BCUT2D eigenvalue weighted by Gasteiger charge is 2.07. The Bertz CT molecular complexity index is 517. The van der Waals surface area contributed by atoms with Gasteiger partial charge in [-0.15, -0.1) is 11.3 Å². The van der Waals surface area contributed by atoms with Crippen molar-refractivity contribution in [2.45, 2.75) is 13.5 Å². The van der Waals surface area contributed by atoms with E-state index >= 15 is 0 Å². The number of aryl methyl sites for hydroxylation is 1. The minimum absolute atomic E-state index is 0.692. The maximum atomic E-state index is 5.06. The molecule has 84 valence electrons. The molecule has 0 aliphatic carbocycles. The first-order chi connectivity index (χ1) is 7.72. The molecule has 2 aromatic rings. The van der Waals surface area contributed by atoms with Gasteiger partial charge in [0.25, 0.3) is 0 Å². The van der Waals surface area contributed by atoms with Crippen LogP contribution in [0.25, 0.3) is 10.1 Å². The molecule has 0 radical (unpaired) electrons. The van der Waals surface area contributed by atoms with Gasteiger partial charge in [-0.3, -0.25) is 0 Å². The van der Waals surface area contributed by atoms with E-state index < -0.39 is 0 Å². The molecule has 2 N–H and O–H groups in total. The van der Waals surface area contributed by atoms with Crippen molar-refractivity contribution >= 4 is 38.8 Å². The average Bonchev–Trinajstić information content (AvgIpc) is 2.64. The van der Waals surface area contributed by atoms with Crippen LogP contribution in [0.3, 0.4) is 0 Å². The highest BCUT2D eigenvalue weighted by atomic mass is 32.1. The molecule has 2 nitrogen and oxygen atoms in total. The molecule has 0 spiro atoms. The molecule has 2 rings (SSSR count). The lowest BCUT2D eigenvalue weighted by Gasteiger charge is -2.05. The summed E-state index contributed by atoms with van der Waals surface area (Å²) in [5.41, 5.74) is 1.35. The molecule has 0 aliphatic rings. The number of rotatable bonds is 2. The molecule has 16 heavy (non-hydrogen) atoms. The van der Waals surface area contributed by atoms with Crippen LogP contribution in [0.1, 0.15) is 10.4 Å². The van der Waals surface area contributed by atoms with E-state index in [0.717, 1.165) is 6.54 Å². The Kier molecular flexibility index (Phi) is 3.41. The molecule has 0 fully saturated rings. The van der Waals surface area contributed by atoms with Gasteiger partial charge in [0, 0.05) is 16.6 Å². The van der Waals surface area contributed by atoms with Crippen LogP contribution in [-0.4, -0.2) is 12.2 Å². The number of benzene rings is 1. The second-order valence-electron chi connectivity index (χ2n) is 3.58. The Hall–Kier alpha value is -1.13. The predicted molar refractivity (Wildman–Crippen MR) is 75.1 cm³/mol. The summed E-state index contributed by atoms with van der Waals surface area (Å²) in [5, 5.41) is 8.13. The third-order valence-corrected chi connectivity index (χ3v) is 4.20. The summed E-state index contributed by atoms with van der Waals surface area (Å²) in [6.45, 7) is 2.96. The molecule has 0 atom stereocenters. The summed E-state index contributed by atoms with van der Waals surface area (Å²) >= 11 is 6.89. The fourth-order valence-corrected chi connectivity index (χ4v) is 2.87. The van der Waals surface area contributed by atoms with Crippen molar-refractivity contribution in [1.82, 2.24) is 10.6 Å². The van der Waals surface area contributed by atoms with Gasteiger partial charge in [-0.25, -0.2) is 0 Å². The third-order valence-electron chi connectivity index (χ3n) is 2.58. The summed E-state index contributed by atoms with van der Waals surface area (Å²) < 4.78 is 1.34. The molecule has 0 amide bonds. The number of hydrogen-bond donors (Lipinski definition) is 2. The van der Waals surface area contributed by atoms with Crippen LogP contribution in [0.4, 0.5) is 0 Å². The summed E-state index contributed by atoms with van der Waals surface area (Å²) in [5.74, 6) is 0. The zero-order chi connectivity index (χ0) is 11.5. The quantitative estimate of drug-likeness (QED) is 0.802. The SMILES string of the molecule is CNC(=S)NCc1sc2ccccc2c1C. The minimum atomic E-state index is 0.692. The van der Waals surface area contributed by atoms with Crippen molar-refractivity contribution in [3.63, 3.8) is 0 Å². The topological polar surface area (TPSA) is 24.1 Å². The van der Waals surface area contributed by atoms with Gasteiger partial charge < -0.3 is 10.6 Å². The van der Waals surface area contributed by atoms with Crippen LogP contribution >= 0.6 is 23.6 Å². The maximum absolute atomic E-state index is 5.06. The number of thiocarbonyl (C=S) groups is 1. The van der Waals surface area contributed by atoms with Gasteiger partial charge in [-0.1, -0.05) is 18.2 Å². The van der Waals surface area contributed by atoms with Crippen LogP contribution in [-0.2, 0) is 6.54 Å². The Balaban J connectivity index is 2.24. The van der Waals surface area contributed by atoms with E-state index in [0.29, 0.717) is 5.11 Å². The standard InChI is InChI=1S/C12H14N2S2/c1-8-9-5-3-4-6-10(9)16-11(8)7-14-12(15)13-2/h3-6H,7H2,1-2H3,(H2,13,14,15). The van der Waals surface area contributed by atoms with E-state index in [-0.39, 0.29) is 0 Å². The van der Waals surface area contributed by atoms with Crippen molar-refractivity contribution in [2.24, 2.45) is 0 Å². The van der Waals surface area contributed by atoms with E-state index in [1.165, 1.54) is 20.5 Å². The van der Waals surface area contributed by atoms with Gasteiger partial charge in [0.05, 0.1) is 6.54 Å². The number of hydrogen-bond acceptors (Lipinski definition) is 2. The zero-order valence-corrected chi connectivity index (χ0v) is 11.0. The molecule has 0 saturated carbocycles. The van der Waals surface area contributed by atoms with E-state index in [9.17, 15) is 0 Å². The molecule has 4 heteroatoms. The Morgan fingerprint density at radius 1 is 1.38 bits per heavy atom. The van der Waals surface area contributed by atoms with Crippen molar-refractivity contribution in [3.05, 3.63) is 34.7 Å². The van der Waals surface area contributed by atoms with Crippen LogP contribution in [0.2, 0.25) is 0 Å². The second kappa shape index (κ2) is 4.80. The summed E-state index contributed by atoms with van der Waals surface area (Å²) in [7, 11) is 1.83. The first-order valence-electron chi connectivity index (χ1n) is 5.15. The molecule has 0 unspecified atom stereocenters. The van der Waals surface area contributed by atoms with E-state index in [1.54, 1.807) is 0 Å². The van der Waals surface area contributed by atoms with Crippen LogP contribution in [0, 0.1) is 6.92 Å². The first kappa shape index (κ1) is 11.4. The Morgan fingerprint density at radius 2 is 2.12 bits per heavy atom. The van der Waals surface area contributed by atoms with Crippen molar-refractivity contribution in [1.29, 1.82) is 0 Å². The summed E-state index contributed by atoms with van der Waals surface area (Å²) in [6.07, 6.45) is 0. The fourth-order valence-electron chi connectivity index (χ4n) is 1.64. The molecule has 1 aromatic heterocycles. The largest absolute Gasteiger partial charge is 0.366 e. The van der Waals surface area contributed by atoms with Crippen LogP contribution in [0.15, 0.2) is 24.3 Å². The predicted octanol–water partition coefficient (Wildman–Crippen LogP) is 2.80. The minimum Gasteiger partial charge on any atom is -0.366 e. The highest BCUT2D eigenvalue weighted by molar-refractivity contribution is 7.80. The molecule has 0 saturated heterocycles. The van der Waals surface area contributed by atoms with Crippen LogP contribution < -0.4 is 10.6 Å². The molecule has 0 aliphatic heterocycles. The van der Waals surface area contributed by atoms with Gasteiger partial charge in [0.15, 0.2) is 5.11 Å². The van der Waals surface area contributed by atoms with Gasteiger partial charge >= 0.3 is 0 Å². The first-order valence-corrected chi connectivity index (χ1v) is 6.37. The van der Waals surface area contributed by atoms with Gasteiger partial charge in [-0.05, 0) is 36.2 Å². The molecule has 0 bridgehead atoms.